The Hall–Kier alpha value is -4.43. The first-order valence-electron chi connectivity index (χ1n) is 18.8. The maximum absolute atomic E-state index is 12.2. The smallest absolute Gasteiger partial charge is 0.146 e. The summed E-state index contributed by atoms with van der Waals surface area (Å²) >= 11 is 0. The van der Waals surface area contributed by atoms with Gasteiger partial charge in [0, 0.05) is 35.9 Å². The molecule has 288 valence electrons. The zero-order valence-electron chi connectivity index (χ0n) is 34.6. The second-order valence-corrected chi connectivity index (χ2v) is 18.2. The number of allylic oxidation sites excluding steroid dienone is 7. The Kier molecular flexibility index (Phi) is 14.3. The van der Waals surface area contributed by atoms with Crippen LogP contribution in [-0.4, -0.2) is 27.9 Å². The lowest BCUT2D eigenvalue weighted by molar-refractivity contribution is 0.283. The Bertz CT molecular complexity index is 1780. The highest BCUT2D eigenvalue weighted by atomic mass is 16.3. The number of benzene rings is 2. The van der Waals surface area contributed by atoms with Gasteiger partial charge in [-0.15, -0.1) is 5.12 Å². The van der Waals surface area contributed by atoms with Crippen molar-refractivity contribution in [1.82, 2.24) is 0 Å². The first-order chi connectivity index (χ1) is 24.5. The van der Waals surface area contributed by atoms with Crippen LogP contribution in [0.1, 0.15) is 137 Å². The molecule has 0 saturated heterocycles. The minimum Gasteiger partial charge on any atom is -0.505 e. The molecule has 2 aromatic rings. The standard InChI is InChI=1S/C45H66N6O2/c1-14-15-19-22-32(2)48-50(46)38-28-36(44(10,11)30-42(4,5)6)26-34(40(38)52)25-35-27-37(45(12,13)31-43(7,8)9)29-39(41(35)53)51-47-24-21-18-16-17-20-23-33(3)49-51/h14-15,18-21,23-24,26-29,52-53H,1,16-17,22,25,30-31,46H2,2-13H3/b19-15-,21-18-,23-20-,47-24+,48-32-,49-33+. The molecular weight excluding hydrogens is 657 g/mol. The second kappa shape index (κ2) is 17.6. The highest BCUT2D eigenvalue weighted by Gasteiger charge is 2.32. The van der Waals surface area contributed by atoms with Crippen LogP contribution < -0.4 is 16.1 Å². The number of aromatic hydroxyl groups is 2. The van der Waals surface area contributed by atoms with Crippen LogP contribution in [0.15, 0.2) is 88.7 Å². The monoisotopic (exact) mass is 723 g/mol. The van der Waals surface area contributed by atoms with Gasteiger partial charge in [-0.05, 0) is 96.6 Å². The number of hydrogen-bond acceptors (Lipinski definition) is 8. The number of hydrazine groups is 1. The van der Waals surface area contributed by atoms with Crippen molar-refractivity contribution < 1.29 is 10.2 Å². The van der Waals surface area contributed by atoms with Crippen LogP contribution in [0, 0.1) is 10.8 Å². The molecular formula is C45H66N6O2. The van der Waals surface area contributed by atoms with Gasteiger partial charge in [-0.2, -0.15) is 20.4 Å². The molecule has 53 heavy (non-hydrogen) atoms. The van der Waals surface area contributed by atoms with Gasteiger partial charge in [0.05, 0.1) is 5.71 Å². The number of phenolic OH excluding ortho intramolecular Hbond substituents is 2. The number of hydrogen-bond donors (Lipinski definition) is 3. The van der Waals surface area contributed by atoms with Crippen LogP contribution in [0.5, 0.6) is 11.5 Å². The fourth-order valence-corrected chi connectivity index (χ4v) is 7.44. The molecule has 2 aromatic carbocycles. The third-order valence-corrected chi connectivity index (χ3v) is 9.16. The molecule has 0 saturated carbocycles. The SMILES string of the molecule is C=C/C=C\C/C(C)=N\N(N)c1cc(C(C)(C)CC(C)(C)C)cc(Cc2cc(C(C)(C)CC(C)(C)C)cc(N3/N=C/C=C\CC/C=C\C(C)=N\3)c2O)c1O. The minimum atomic E-state index is -0.270. The number of phenols is 2. The summed E-state index contributed by atoms with van der Waals surface area (Å²) in [5.74, 6) is 6.67. The highest BCUT2D eigenvalue weighted by molar-refractivity contribution is 5.93. The molecule has 0 radical (unpaired) electrons. The quantitative estimate of drug-likeness (QED) is 0.0874. The summed E-state index contributed by atoms with van der Waals surface area (Å²) in [5, 5.41) is 41.0. The summed E-state index contributed by atoms with van der Waals surface area (Å²) in [5.41, 5.74) is 5.29. The van der Waals surface area contributed by atoms with Gasteiger partial charge in [-0.25, -0.2) is 5.84 Å². The molecule has 0 amide bonds. The summed E-state index contributed by atoms with van der Waals surface area (Å²) in [6.45, 7) is 29.9. The van der Waals surface area contributed by atoms with E-state index >= 15 is 0 Å². The van der Waals surface area contributed by atoms with E-state index in [1.165, 1.54) is 10.2 Å². The fraction of sp³-hybridized carbons (Fsp3) is 0.489. The summed E-state index contributed by atoms with van der Waals surface area (Å²) in [6, 6.07) is 8.06. The van der Waals surface area contributed by atoms with E-state index in [1.54, 1.807) is 12.3 Å². The lowest BCUT2D eigenvalue weighted by atomic mass is 9.71. The number of nitrogens with two attached hydrogens (primary N) is 1. The van der Waals surface area contributed by atoms with Crippen molar-refractivity contribution in [2.24, 2.45) is 32.0 Å². The molecule has 1 heterocycles. The van der Waals surface area contributed by atoms with E-state index < -0.39 is 0 Å². The molecule has 0 bridgehead atoms. The Morgan fingerprint density at radius 1 is 0.887 bits per heavy atom. The molecule has 4 N–H and O–H groups in total. The van der Waals surface area contributed by atoms with Gasteiger partial charge in [0.1, 0.15) is 22.9 Å². The molecule has 1 aliphatic heterocycles. The molecule has 0 aromatic heterocycles. The predicted molar refractivity (Wildman–Crippen MR) is 229 cm³/mol. The first kappa shape index (κ1) is 43.0. The zero-order chi connectivity index (χ0) is 39.8. The van der Waals surface area contributed by atoms with Gasteiger partial charge in [0.2, 0.25) is 0 Å². The number of hydrazone groups is 3. The lowest BCUT2D eigenvalue weighted by Gasteiger charge is -2.34. The second-order valence-electron chi connectivity index (χ2n) is 18.2. The topological polar surface area (TPSA) is 110 Å². The van der Waals surface area contributed by atoms with Crippen molar-refractivity contribution in [2.75, 3.05) is 10.2 Å². The van der Waals surface area contributed by atoms with E-state index in [0.717, 1.165) is 48.2 Å². The van der Waals surface area contributed by atoms with Gasteiger partial charge < -0.3 is 10.2 Å². The number of rotatable bonds is 12. The Morgan fingerprint density at radius 3 is 2.04 bits per heavy atom. The first-order valence-corrected chi connectivity index (χ1v) is 18.8. The molecule has 8 nitrogen and oxygen atoms in total. The van der Waals surface area contributed by atoms with Crippen molar-refractivity contribution in [3.05, 3.63) is 95.6 Å². The maximum atomic E-state index is 12.2. The van der Waals surface area contributed by atoms with Crippen molar-refractivity contribution in [2.45, 2.75) is 132 Å². The molecule has 8 heteroatoms. The van der Waals surface area contributed by atoms with Crippen LogP contribution in [0.25, 0.3) is 0 Å². The number of nitrogens with zero attached hydrogens (tertiary/aromatic N) is 5. The molecule has 0 unspecified atom stereocenters. The number of anilines is 2. The fourth-order valence-electron chi connectivity index (χ4n) is 7.44. The predicted octanol–water partition coefficient (Wildman–Crippen LogP) is 11.4. The van der Waals surface area contributed by atoms with Gasteiger partial charge in [0.15, 0.2) is 0 Å². The Balaban J connectivity index is 2.34. The molecule has 0 spiro atoms. The van der Waals surface area contributed by atoms with Gasteiger partial charge >= 0.3 is 0 Å². The molecule has 0 atom stereocenters. The maximum Gasteiger partial charge on any atom is 0.146 e. The van der Waals surface area contributed by atoms with E-state index in [4.69, 9.17) is 10.9 Å². The zero-order valence-corrected chi connectivity index (χ0v) is 34.6. The summed E-state index contributed by atoms with van der Waals surface area (Å²) in [6.07, 6.45) is 19.7. The van der Waals surface area contributed by atoms with E-state index in [2.05, 4.69) is 110 Å². The summed E-state index contributed by atoms with van der Waals surface area (Å²) in [4.78, 5) is 0. The van der Waals surface area contributed by atoms with E-state index in [1.807, 2.05) is 50.3 Å². The third kappa shape index (κ3) is 12.9. The van der Waals surface area contributed by atoms with Crippen LogP contribution in [0.4, 0.5) is 11.4 Å². The van der Waals surface area contributed by atoms with Gasteiger partial charge in [-0.3, -0.25) is 0 Å². The van der Waals surface area contributed by atoms with Crippen LogP contribution in [0.2, 0.25) is 0 Å². The van der Waals surface area contributed by atoms with Gasteiger partial charge in [-0.1, -0.05) is 118 Å². The van der Waals surface area contributed by atoms with Crippen molar-refractivity contribution in [1.29, 1.82) is 0 Å². The molecule has 3 rings (SSSR count). The summed E-state index contributed by atoms with van der Waals surface area (Å²) in [7, 11) is 0. The molecule has 0 fully saturated rings. The normalized spacial score (nSPS) is 17.9. The van der Waals surface area contributed by atoms with Crippen molar-refractivity contribution in [3.63, 3.8) is 0 Å². The largest absolute Gasteiger partial charge is 0.505 e. The average molecular weight is 723 g/mol. The van der Waals surface area contributed by atoms with Gasteiger partial charge in [0.25, 0.3) is 0 Å². The van der Waals surface area contributed by atoms with E-state index in [-0.39, 0.29) is 39.6 Å². The van der Waals surface area contributed by atoms with Crippen molar-refractivity contribution in [3.8, 4) is 11.5 Å². The Labute approximate surface area is 320 Å². The summed E-state index contributed by atoms with van der Waals surface area (Å²) < 4.78 is 0. The van der Waals surface area contributed by atoms with Crippen LogP contribution >= 0.6 is 0 Å². The Morgan fingerprint density at radius 2 is 1.45 bits per heavy atom. The van der Waals surface area contributed by atoms with Crippen LogP contribution in [-0.2, 0) is 17.3 Å². The molecule has 0 aliphatic carbocycles. The lowest BCUT2D eigenvalue weighted by Crippen LogP contribution is -2.28. The molecule has 1 aliphatic rings. The minimum absolute atomic E-state index is 0.0127. The van der Waals surface area contributed by atoms with Crippen LogP contribution in [0.3, 0.4) is 0 Å². The average Bonchev–Trinajstić information content (AvgIpc) is 3.05. The third-order valence-electron chi connectivity index (χ3n) is 9.16. The van der Waals surface area contributed by atoms with Crippen molar-refractivity contribution >= 4 is 29.0 Å². The van der Waals surface area contributed by atoms with E-state index in [9.17, 15) is 10.2 Å². The van der Waals surface area contributed by atoms with E-state index in [0.29, 0.717) is 28.9 Å². The highest BCUT2D eigenvalue weighted by Crippen LogP contribution is 2.45.